The van der Waals surface area contributed by atoms with E-state index in [0.717, 1.165) is 5.75 Å². The average molecular weight is 231 g/mol. The number of hydrogen-bond acceptors (Lipinski definition) is 2. The van der Waals surface area contributed by atoms with Crippen LogP contribution in [0.15, 0.2) is 24.3 Å². The molecule has 0 aromatic heterocycles. The zero-order valence-electron chi connectivity index (χ0n) is 11.4. The summed E-state index contributed by atoms with van der Waals surface area (Å²) in [5.74, 6) is 0.834. The summed E-state index contributed by atoms with van der Waals surface area (Å²) in [6.45, 7) is 10.7. The van der Waals surface area contributed by atoms with Crippen LogP contribution < -0.4 is 4.74 Å². The molecular weight excluding hydrogens is 210 g/mol. The van der Waals surface area contributed by atoms with Gasteiger partial charge in [0, 0.05) is 0 Å². The van der Waals surface area contributed by atoms with Gasteiger partial charge in [-0.15, -0.1) is 0 Å². The van der Waals surface area contributed by atoms with E-state index in [9.17, 15) is 0 Å². The Morgan fingerprint density at radius 3 is 2.35 bits per heavy atom. The third kappa shape index (κ3) is 4.11. The zero-order chi connectivity index (χ0) is 13.1. The van der Waals surface area contributed by atoms with Gasteiger partial charge < -0.3 is 4.74 Å². The second-order valence-electron chi connectivity index (χ2n) is 6.06. The van der Waals surface area contributed by atoms with Crippen molar-refractivity contribution in [2.24, 2.45) is 5.41 Å². The van der Waals surface area contributed by atoms with Gasteiger partial charge in [-0.25, -0.2) is 0 Å². The summed E-state index contributed by atoms with van der Waals surface area (Å²) in [5, 5.41) is 8.93. The Labute approximate surface area is 104 Å². The molecule has 0 aliphatic carbocycles. The highest BCUT2D eigenvalue weighted by molar-refractivity contribution is 5.32. The van der Waals surface area contributed by atoms with E-state index < -0.39 is 5.41 Å². The highest BCUT2D eigenvalue weighted by Crippen LogP contribution is 2.26. The zero-order valence-corrected chi connectivity index (χ0v) is 11.4. The van der Waals surface area contributed by atoms with Crippen LogP contribution in [-0.2, 0) is 5.41 Å². The van der Waals surface area contributed by atoms with E-state index in [1.807, 2.05) is 32.0 Å². The summed E-state index contributed by atoms with van der Waals surface area (Å²) < 4.78 is 5.68. The van der Waals surface area contributed by atoms with Crippen molar-refractivity contribution in [3.63, 3.8) is 0 Å². The van der Waals surface area contributed by atoms with Crippen LogP contribution in [0.5, 0.6) is 5.75 Å². The second-order valence-corrected chi connectivity index (χ2v) is 6.06. The highest BCUT2D eigenvalue weighted by atomic mass is 16.5. The van der Waals surface area contributed by atoms with Crippen molar-refractivity contribution in [3.05, 3.63) is 29.8 Å². The quantitative estimate of drug-likeness (QED) is 0.790. The van der Waals surface area contributed by atoms with Crippen molar-refractivity contribution in [3.8, 4) is 11.8 Å². The smallest absolute Gasteiger partial charge is 0.119 e. The molecule has 0 spiro atoms. The molecule has 1 aromatic carbocycles. The molecule has 1 aromatic rings. The Morgan fingerprint density at radius 2 is 1.82 bits per heavy atom. The Hall–Kier alpha value is -1.49. The maximum absolute atomic E-state index is 8.93. The van der Waals surface area contributed by atoms with E-state index >= 15 is 0 Å². The second kappa shape index (κ2) is 4.79. The lowest BCUT2D eigenvalue weighted by molar-refractivity contribution is 0.227. The van der Waals surface area contributed by atoms with Gasteiger partial charge in [0.2, 0.25) is 0 Å². The molecule has 0 radical (unpaired) electrons. The summed E-state index contributed by atoms with van der Waals surface area (Å²) in [4.78, 5) is 0. The third-order valence-electron chi connectivity index (χ3n) is 2.60. The normalized spacial score (nSPS) is 12.0. The molecule has 0 N–H and O–H groups in total. The number of nitriles is 1. The fourth-order valence-corrected chi connectivity index (χ4v) is 1.35. The lowest BCUT2D eigenvalue weighted by Crippen LogP contribution is -2.19. The molecule has 2 nitrogen and oxygen atoms in total. The van der Waals surface area contributed by atoms with Crippen molar-refractivity contribution >= 4 is 0 Å². The van der Waals surface area contributed by atoms with Crippen molar-refractivity contribution in [1.29, 1.82) is 5.26 Å². The predicted octanol–water partition coefficient (Wildman–Crippen LogP) is 3.91. The molecule has 0 fully saturated rings. The van der Waals surface area contributed by atoms with Gasteiger partial charge >= 0.3 is 0 Å². The van der Waals surface area contributed by atoms with Crippen LogP contribution in [0.1, 0.15) is 40.2 Å². The van der Waals surface area contributed by atoms with Gasteiger partial charge in [0.15, 0.2) is 0 Å². The van der Waals surface area contributed by atoms with E-state index in [1.54, 1.807) is 0 Å². The molecule has 0 heterocycles. The van der Waals surface area contributed by atoms with Crippen LogP contribution in [0.3, 0.4) is 0 Å². The van der Waals surface area contributed by atoms with Crippen molar-refractivity contribution in [2.75, 3.05) is 6.61 Å². The number of nitrogens with zero attached hydrogens (tertiary/aromatic N) is 1. The van der Waals surface area contributed by atoms with E-state index in [0.29, 0.717) is 6.61 Å². The molecule has 2 heteroatoms. The third-order valence-corrected chi connectivity index (χ3v) is 2.60. The van der Waals surface area contributed by atoms with E-state index in [4.69, 9.17) is 10.00 Å². The molecule has 0 bridgehead atoms. The minimum absolute atomic E-state index is 0.115. The molecule has 17 heavy (non-hydrogen) atoms. The largest absolute Gasteiger partial charge is 0.492 e. The fourth-order valence-electron chi connectivity index (χ4n) is 1.35. The molecule has 1 rings (SSSR count). The van der Waals surface area contributed by atoms with E-state index in [1.165, 1.54) is 5.56 Å². The van der Waals surface area contributed by atoms with Gasteiger partial charge in [0.25, 0.3) is 0 Å². The lowest BCUT2D eigenvalue weighted by atomic mass is 9.87. The molecule has 0 saturated carbocycles. The summed E-state index contributed by atoms with van der Waals surface area (Å²) in [5.41, 5.74) is 0.909. The van der Waals surface area contributed by atoms with Crippen molar-refractivity contribution in [1.82, 2.24) is 0 Å². The number of benzene rings is 1. The Morgan fingerprint density at radius 1 is 1.18 bits per heavy atom. The van der Waals surface area contributed by atoms with Crippen LogP contribution in [0.25, 0.3) is 0 Å². The molecule has 0 unspecified atom stereocenters. The summed E-state index contributed by atoms with van der Waals surface area (Å²) in [6.07, 6.45) is 0. The minimum atomic E-state index is -0.447. The van der Waals surface area contributed by atoms with Gasteiger partial charge in [-0.3, -0.25) is 0 Å². The SMILES string of the molecule is CC(C)(C#N)COc1cccc(C(C)(C)C)c1. The first-order chi connectivity index (χ1) is 7.74. The van der Waals surface area contributed by atoms with Crippen molar-refractivity contribution in [2.45, 2.75) is 40.0 Å². The van der Waals surface area contributed by atoms with Gasteiger partial charge in [-0.2, -0.15) is 5.26 Å². The van der Waals surface area contributed by atoms with Crippen LogP contribution in [-0.4, -0.2) is 6.61 Å². The molecule has 0 aliphatic heterocycles. The lowest BCUT2D eigenvalue weighted by Gasteiger charge is -2.21. The van der Waals surface area contributed by atoms with Crippen LogP contribution >= 0.6 is 0 Å². The minimum Gasteiger partial charge on any atom is -0.492 e. The molecule has 0 atom stereocenters. The summed E-state index contributed by atoms with van der Waals surface area (Å²) in [7, 11) is 0. The first-order valence-corrected chi connectivity index (χ1v) is 5.89. The molecule has 0 amide bonds. The molecule has 0 saturated heterocycles. The monoisotopic (exact) mass is 231 g/mol. The first-order valence-electron chi connectivity index (χ1n) is 5.89. The Kier molecular flexibility index (Phi) is 3.83. The fraction of sp³-hybridized carbons (Fsp3) is 0.533. The highest BCUT2D eigenvalue weighted by Gasteiger charge is 2.18. The van der Waals surface area contributed by atoms with Crippen LogP contribution in [0.4, 0.5) is 0 Å². The number of ether oxygens (including phenoxy) is 1. The van der Waals surface area contributed by atoms with Gasteiger partial charge in [-0.1, -0.05) is 32.9 Å². The van der Waals surface area contributed by atoms with Gasteiger partial charge in [-0.05, 0) is 37.0 Å². The molecular formula is C15H21NO. The molecule has 0 aliphatic rings. The summed E-state index contributed by atoms with van der Waals surface area (Å²) in [6, 6.07) is 10.3. The maximum Gasteiger partial charge on any atom is 0.119 e. The maximum atomic E-state index is 8.93. The molecule has 92 valence electrons. The number of rotatable bonds is 3. The van der Waals surface area contributed by atoms with Crippen LogP contribution in [0.2, 0.25) is 0 Å². The Balaban J connectivity index is 2.78. The average Bonchev–Trinajstić information content (AvgIpc) is 2.26. The van der Waals surface area contributed by atoms with Crippen LogP contribution in [0, 0.1) is 16.7 Å². The Bertz CT molecular complexity index is 421. The standard InChI is InChI=1S/C15H21NO/c1-14(2,3)12-7-6-8-13(9-12)17-11-15(4,5)10-16/h6-9H,11H2,1-5H3. The van der Waals surface area contributed by atoms with Gasteiger partial charge in [0.1, 0.15) is 12.4 Å². The predicted molar refractivity (Wildman–Crippen MR) is 70.0 cm³/mol. The first kappa shape index (κ1) is 13.6. The van der Waals surface area contributed by atoms with E-state index in [-0.39, 0.29) is 5.41 Å². The van der Waals surface area contributed by atoms with E-state index in [2.05, 4.69) is 32.9 Å². The van der Waals surface area contributed by atoms with Gasteiger partial charge in [0.05, 0.1) is 11.5 Å². The topological polar surface area (TPSA) is 33.0 Å². The van der Waals surface area contributed by atoms with Crippen molar-refractivity contribution < 1.29 is 4.74 Å². The summed E-state index contributed by atoms with van der Waals surface area (Å²) >= 11 is 0. The number of hydrogen-bond donors (Lipinski definition) is 0.